The molecule has 2 rings (SSSR count). The Bertz CT molecular complexity index is 501. The van der Waals surface area contributed by atoms with Crippen molar-refractivity contribution in [2.75, 3.05) is 20.1 Å². The summed E-state index contributed by atoms with van der Waals surface area (Å²) >= 11 is 0. The molecule has 1 atom stereocenters. The van der Waals surface area contributed by atoms with E-state index in [-0.39, 0.29) is 12.4 Å². The highest BCUT2D eigenvalue weighted by molar-refractivity contribution is 5.84. The van der Waals surface area contributed by atoms with Crippen LogP contribution in [0.2, 0.25) is 0 Å². The van der Waals surface area contributed by atoms with Crippen molar-refractivity contribution in [3.63, 3.8) is 0 Å². The zero-order valence-electron chi connectivity index (χ0n) is 11.5. The summed E-state index contributed by atoms with van der Waals surface area (Å²) in [6, 6.07) is 5.26. The summed E-state index contributed by atoms with van der Waals surface area (Å²) < 4.78 is 49.9. The molecule has 1 aromatic carbocycles. The van der Waals surface area contributed by atoms with Gasteiger partial charge in [-0.15, -0.1) is 0 Å². The SMILES string of the molecule is CN(Cc1ccc(F)cc1)[C@H]1CCN(CC(F)(F)F)C1=O. The third kappa shape index (κ3) is 4.17. The van der Waals surface area contributed by atoms with Crippen LogP contribution in [-0.4, -0.2) is 48.1 Å². The number of hydrogen-bond acceptors (Lipinski definition) is 2. The molecule has 0 N–H and O–H groups in total. The molecule has 21 heavy (non-hydrogen) atoms. The van der Waals surface area contributed by atoms with Crippen LogP contribution in [0.1, 0.15) is 12.0 Å². The standard InChI is InChI=1S/C14H16F4N2O/c1-19(8-10-2-4-11(15)5-3-10)12-6-7-20(13(12)21)9-14(16,17)18/h2-5,12H,6-9H2,1H3/t12-/m0/s1. The van der Waals surface area contributed by atoms with Gasteiger partial charge in [0.05, 0.1) is 6.04 Å². The number of nitrogens with zero attached hydrogens (tertiary/aromatic N) is 2. The monoisotopic (exact) mass is 304 g/mol. The smallest absolute Gasteiger partial charge is 0.332 e. The molecule has 1 fully saturated rings. The van der Waals surface area contributed by atoms with Gasteiger partial charge in [0.2, 0.25) is 5.91 Å². The minimum Gasteiger partial charge on any atom is -0.332 e. The zero-order chi connectivity index (χ0) is 15.6. The van der Waals surface area contributed by atoms with Gasteiger partial charge in [-0.05, 0) is 31.2 Å². The number of hydrogen-bond donors (Lipinski definition) is 0. The largest absolute Gasteiger partial charge is 0.406 e. The van der Waals surface area contributed by atoms with Crippen molar-refractivity contribution in [1.29, 1.82) is 0 Å². The number of carbonyl (C=O) groups is 1. The molecule has 0 saturated carbocycles. The van der Waals surface area contributed by atoms with Gasteiger partial charge in [0.15, 0.2) is 0 Å². The van der Waals surface area contributed by atoms with Crippen LogP contribution < -0.4 is 0 Å². The van der Waals surface area contributed by atoms with Crippen molar-refractivity contribution in [1.82, 2.24) is 9.80 Å². The molecule has 1 saturated heterocycles. The summed E-state index contributed by atoms with van der Waals surface area (Å²) in [5.74, 6) is -0.855. The number of amides is 1. The number of likely N-dealkylation sites (tertiary alicyclic amines) is 1. The Balaban J connectivity index is 1.96. The second-order valence-electron chi connectivity index (χ2n) is 5.22. The van der Waals surface area contributed by atoms with Crippen molar-refractivity contribution in [3.8, 4) is 0 Å². The second kappa shape index (κ2) is 6.01. The van der Waals surface area contributed by atoms with Gasteiger partial charge in [0.25, 0.3) is 0 Å². The minimum absolute atomic E-state index is 0.108. The second-order valence-corrected chi connectivity index (χ2v) is 5.22. The Kier molecular flexibility index (Phi) is 4.51. The summed E-state index contributed by atoms with van der Waals surface area (Å²) in [5.41, 5.74) is 0.806. The van der Waals surface area contributed by atoms with Gasteiger partial charge in [-0.2, -0.15) is 13.2 Å². The minimum atomic E-state index is -4.37. The Morgan fingerprint density at radius 1 is 1.29 bits per heavy atom. The molecule has 1 aliphatic heterocycles. The normalized spacial score (nSPS) is 19.6. The fourth-order valence-corrected chi connectivity index (χ4v) is 2.49. The zero-order valence-corrected chi connectivity index (χ0v) is 11.5. The van der Waals surface area contributed by atoms with Gasteiger partial charge in [-0.1, -0.05) is 12.1 Å². The Morgan fingerprint density at radius 3 is 2.48 bits per heavy atom. The summed E-state index contributed by atoms with van der Waals surface area (Å²) in [5, 5.41) is 0. The first-order chi connectivity index (χ1) is 9.76. The van der Waals surface area contributed by atoms with Crippen molar-refractivity contribution in [2.45, 2.75) is 25.2 Å². The van der Waals surface area contributed by atoms with Crippen LogP contribution in [0.4, 0.5) is 17.6 Å². The molecular weight excluding hydrogens is 288 g/mol. The number of benzene rings is 1. The van der Waals surface area contributed by atoms with E-state index in [1.54, 1.807) is 24.1 Å². The first-order valence-electron chi connectivity index (χ1n) is 6.56. The van der Waals surface area contributed by atoms with Crippen LogP contribution in [0.3, 0.4) is 0 Å². The molecular formula is C14H16F4N2O. The van der Waals surface area contributed by atoms with E-state index in [1.165, 1.54) is 12.1 Å². The predicted molar refractivity (Wildman–Crippen MR) is 68.9 cm³/mol. The lowest BCUT2D eigenvalue weighted by Gasteiger charge is -2.24. The summed E-state index contributed by atoms with van der Waals surface area (Å²) in [4.78, 5) is 14.5. The van der Waals surface area contributed by atoms with Crippen LogP contribution in [0.15, 0.2) is 24.3 Å². The van der Waals surface area contributed by atoms with Crippen LogP contribution >= 0.6 is 0 Å². The van der Waals surface area contributed by atoms with Gasteiger partial charge in [-0.3, -0.25) is 9.69 Å². The van der Waals surface area contributed by atoms with E-state index in [9.17, 15) is 22.4 Å². The van der Waals surface area contributed by atoms with E-state index in [0.29, 0.717) is 13.0 Å². The van der Waals surface area contributed by atoms with E-state index in [1.807, 2.05) is 0 Å². The average Bonchev–Trinajstić information content (AvgIpc) is 2.72. The predicted octanol–water partition coefficient (Wildman–Crippen LogP) is 2.42. The van der Waals surface area contributed by atoms with Gasteiger partial charge >= 0.3 is 6.18 Å². The van der Waals surface area contributed by atoms with Crippen molar-refractivity contribution >= 4 is 5.91 Å². The molecule has 1 heterocycles. The van der Waals surface area contributed by atoms with Crippen molar-refractivity contribution in [3.05, 3.63) is 35.6 Å². The number of halogens is 4. The maximum Gasteiger partial charge on any atom is 0.406 e. The number of rotatable bonds is 4. The van der Waals surface area contributed by atoms with Crippen LogP contribution in [-0.2, 0) is 11.3 Å². The molecule has 0 aliphatic carbocycles. The lowest BCUT2D eigenvalue weighted by molar-refractivity contribution is -0.159. The van der Waals surface area contributed by atoms with E-state index < -0.39 is 24.7 Å². The third-order valence-electron chi connectivity index (χ3n) is 3.52. The number of carbonyl (C=O) groups excluding carboxylic acids is 1. The van der Waals surface area contributed by atoms with Gasteiger partial charge < -0.3 is 4.90 Å². The summed E-state index contributed by atoms with van der Waals surface area (Å²) in [7, 11) is 1.68. The highest BCUT2D eigenvalue weighted by Gasteiger charge is 2.40. The molecule has 1 amide bonds. The maximum absolute atomic E-state index is 12.8. The quantitative estimate of drug-likeness (QED) is 0.798. The first-order valence-corrected chi connectivity index (χ1v) is 6.56. The molecule has 7 heteroatoms. The fraction of sp³-hybridized carbons (Fsp3) is 0.500. The highest BCUT2D eigenvalue weighted by atomic mass is 19.4. The molecule has 1 aliphatic rings. The van der Waals surface area contributed by atoms with Crippen LogP contribution in [0.25, 0.3) is 0 Å². The molecule has 0 bridgehead atoms. The van der Waals surface area contributed by atoms with Crippen LogP contribution in [0, 0.1) is 5.82 Å². The van der Waals surface area contributed by atoms with Crippen molar-refractivity contribution in [2.24, 2.45) is 0 Å². The number of likely N-dealkylation sites (N-methyl/N-ethyl adjacent to an activating group) is 1. The lowest BCUT2D eigenvalue weighted by atomic mass is 10.1. The molecule has 0 spiro atoms. The number of alkyl halides is 3. The van der Waals surface area contributed by atoms with E-state index in [2.05, 4.69) is 0 Å². The molecule has 3 nitrogen and oxygen atoms in total. The molecule has 1 aromatic rings. The summed E-state index contributed by atoms with van der Waals surface area (Å²) in [6.07, 6.45) is -4.01. The topological polar surface area (TPSA) is 23.6 Å². The fourth-order valence-electron chi connectivity index (χ4n) is 2.49. The van der Waals surface area contributed by atoms with E-state index in [4.69, 9.17) is 0 Å². The molecule has 0 unspecified atom stereocenters. The van der Waals surface area contributed by atoms with E-state index >= 15 is 0 Å². The van der Waals surface area contributed by atoms with Crippen molar-refractivity contribution < 1.29 is 22.4 Å². The Labute approximate surface area is 120 Å². The Morgan fingerprint density at radius 2 is 1.90 bits per heavy atom. The first kappa shape index (κ1) is 15.8. The van der Waals surface area contributed by atoms with Gasteiger partial charge in [0.1, 0.15) is 12.4 Å². The average molecular weight is 304 g/mol. The lowest BCUT2D eigenvalue weighted by Crippen LogP contribution is -2.42. The molecule has 0 radical (unpaired) electrons. The van der Waals surface area contributed by atoms with Gasteiger partial charge in [-0.25, -0.2) is 4.39 Å². The maximum atomic E-state index is 12.8. The molecule has 0 aromatic heterocycles. The van der Waals surface area contributed by atoms with Gasteiger partial charge in [0, 0.05) is 13.1 Å². The van der Waals surface area contributed by atoms with E-state index in [0.717, 1.165) is 10.5 Å². The Hall–Kier alpha value is -1.63. The highest BCUT2D eigenvalue weighted by Crippen LogP contribution is 2.23. The summed E-state index contributed by atoms with van der Waals surface area (Å²) in [6.45, 7) is -0.708. The third-order valence-corrected chi connectivity index (χ3v) is 3.52. The molecule has 116 valence electrons. The van der Waals surface area contributed by atoms with Crippen LogP contribution in [0.5, 0.6) is 0 Å².